The molecule has 0 amide bonds. The molecule has 0 saturated carbocycles. The summed E-state index contributed by atoms with van der Waals surface area (Å²) < 4.78 is 10.9. The standard InChI is InChI=1S/C12H16N4O2S/c13-6-11-14-9(7-19-11)12-15-10(16-18-12)5-8-3-1-2-4-17-8/h7-8H,1-6,13H2. The molecule has 0 spiro atoms. The van der Waals surface area contributed by atoms with Gasteiger partial charge in [0, 0.05) is 25.0 Å². The van der Waals surface area contributed by atoms with Crippen LogP contribution in [0.2, 0.25) is 0 Å². The van der Waals surface area contributed by atoms with Crippen molar-refractivity contribution in [3.63, 3.8) is 0 Å². The summed E-state index contributed by atoms with van der Waals surface area (Å²) in [5.74, 6) is 1.14. The molecule has 0 aliphatic carbocycles. The summed E-state index contributed by atoms with van der Waals surface area (Å²) >= 11 is 1.50. The van der Waals surface area contributed by atoms with Gasteiger partial charge in [0.25, 0.3) is 5.89 Å². The molecule has 0 aromatic carbocycles. The van der Waals surface area contributed by atoms with Crippen molar-refractivity contribution in [2.75, 3.05) is 6.61 Å². The second-order valence-electron chi connectivity index (χ2n) is 4.54. The lowest BCUT2D eigenvalue weighted by Crippen LogP contribution is -2.21. The topological polar surface area (TPSA) is 87.1 Å². The molecule has 2 aromatic rings. The minimum atomic E-state index is 0.217. The van der Waals surface area contributed by atoms with Crippen molar-refractivity contribution in [3.05, 3.63) is 16.2 Å². The molecule has 1 unspecified atom stereocenters. The van der Waals surface area contributed by atoms with Crippen LogP contribution in [-0.4, -0.2) is 27.8 Å². The molecule has 7 heteroatoms. The van der Waals surface area contributed by atoms with Crippen LogP contribution >= 0.6 is 11.3 Å². The van der Waals surface area contributed by atoms with Crippen molar-refractivity contribution in [2.24, 2.45) is 5.73 Å². The van der Waals surface area contributed by atoms with E-state index in [9.17, 15) is 0 Å². The van der Waals surface area contributed by atoms with Gasteiger partial charge in [-0.25, -0.2) is 4.98 Å². The van der Waals surface area contributed by atoms with Crippen molar-refractivity contribution < 1.29 is 9.26 Å². The minimum absolute atomic E-state index is 0.217. The third kappa shape index (κ3) is 2.99. The predicted molar refractivity (Wildman–Crippen MR) is 70.6 cm³/mol. The molecule has 1 fully saturated rings. The van der Waals surface area contributed by atoms with E-state index in [4.69, 9.17) is 15.0 Å². The van der Waals surface area contributed by atoms with Crippen molar-refractivity contribution in [3.8, 4) is 11.6 Å². The number of nitrogens with zero attached hydrogens (tertiary/aromatic N) is 3. The van der Waals surface area contributed by atoms with Gasteiger partial charge < -0.3 is 15.0 Å². The largest absolute Gasteiger partial charge is 0.378 e. The van der Waals surface area contributed by atoms with Crippen molar-refractivity contribution in [2.45, 2.75) is 38.3 Å². The summed E-state index contributed by atoms with van der Waals surface area (Å²) in [6.07, 6.45) is 4.35. The Morgan fingerprint density at radius 2 is 2.32 bits per heavy atom. The molecular weight excluding hydrogens is 264 g/mol. The number of hydrogen-bond acceptors (Lipinski definition) is 7. The van der Waals surface area contributed by atoms with Gasteiger partial charge in [-0.15, -0.1) is 11.3 Å². The van der Waals surface area contributed by atoms with Crippen LogP contribution in [0, 0.1) is 0 Å². The molecule has 2 aromatic heterocycles. The first kappa shape index (κ1) is 12.7. The molecule has 1 aliphatic rings. The molecule has 1 atom stereocenters. The van der Waals surface area contributed by atoms with Gasteiger partial charge in [0.15, 0.2) is 5.82 Å². The zero-order chi connectivity index (χ0) is 13.1. The molecule has 1 saturated heterocycles. The fourth-order valence-electron chi connectivity index (χ4n) is 2.12. The van der Waals surface area contributed by atoms with Gasteiger partial charge in [0.2, 0.25) is 0 Å². The van der Waals surface area contributed by atoms with Crippen molar-refractivity contribution in [1.29, 1.82) is 0 Å². The van der Waals surface area contributed by atoms with E-state index in [0.717, 1.165) is 24.5 Å². The number of rotatable bonds is 4. The van der Waals surface area contributed by atoms with Gasteiger partial charge in [-0.1, -0.05) is 5.16 Å². The van der Waals surface area contributed by atoms with E-state index in [1.54, 1.807) is 0 Å². The fraction of sp³-hybridized carbons (Fsp3) is 0.583. The Kier molecular flexibility index (Phi) is 3.86. The van der Waals surface area contributed by atoms with Gasteiger partial charge in [-0.3, -0.25) is 0 Å². The number of aromatic nitrogens is 3. The first-order valence-corrected chi connectivity index (χ1v) is 7.32. The van der Waals surface area contributed by atoms with Crippen molar-refractivity contribution >= 4 is 11.3 Å². The van der Waals surface area contributed by atoms with E-state index in [0.29, 0.717) is 30.4 Å². The van der Waals surface area contributed by atoms with Crippen LogP contribution in [0.3, 0.4) is 0 Å². The Balaban J connectivity index is 1.68. The van der Waals surface area contributed by atoms with Crippen LogP contribution in [0.4, 0.5) is 0 Å². The number of hydrogen-bond donors (Lipinski definition) is 1. The lowest BCUT2D eigenvalue weighted by molar-refractivity contribution is 0.0153. The summed E-state index contributed by atoms with van der Waals surface area (Å²) in [5, 5.41) is 6.74. The average molecular weight is 280 g/mol. The van der Waals surface area contributed by atoms with E-state index >= 15 is 0 Å². The summed E-state index contributed by atoms with van der Waals surface area (Å²) in [5.41, 5.74) is 6.24. The zero-order valence-corrected chi connectivity index (χ0v) is 11.4. The van der Waals surface area contributed by atoms with Crippen LogP contribution in [-0.2, 0) is 17.7 Å². The molecule has 3 rings (SSSR count). The molecule has 19 heavy (non-hydrogen) atoms. The lowest BCUT2D eigenvalue weighted by Gasteiger charge is -2.20. The SMILES string of the molecule is NCc1nc(-c2nc(CC3CCCCO3)no2)cs1. The molecule has 2 N–H and O–H groups in total. The van der Waals surface area contributed by atoms with E-state index < -0.39 is 0 Å². The Morgan fingerprint density at radius 1 is 1.37 bits per heavy atom. The fourth-order valence-corrected chi connectivity index (χ4v) is 2.76. The van der Waals surface area contributed by atoms with E-state index in [1.807, 2.05) is 5.38 Å². The first-order chi connectivity index (χ1) is 9.35. The minimum Gasteiger partial charge on any atom is -0.378 e. The van der Waals surface area contributed by atoms with Crippen LogP contribution in [0.5, 0.6) is 0 Å². The maximum absolute atomic E-state index is 5.67. The number of nitrogens with two attached hydrogens (primary N) is 1. The molecule has 1 aliphatic heterocycles. The second kappa shape index (κ2) is 5.77. The monoisotopic (exact) mass is 280 g/mol. The maximum atomic E-state index is 5.67. The molecular formula is C12H16N4O2S. The second-order valence-corrected chi connectivity index (χ2v) is 5.48. The maximum Gasteiger partial charge on any atom is 0.277 e. The zero-order valence-electron chi connectivity index (χ0n) is 10.5. The molecule has 0 radical (unpaired) electrons. The highest BCUT2D eigenvalue weighted by molar-refractivity contribution is 7.09. The Labute approximate surface area is 115 Å². The Morgan fingerprint density at radius 3 is 3.05 bits per heavy atom. The van der Waals surface area contributed by atoms with Gasteiger partial charge >= 0.3 is 0 Å². The smallest absolute Gasteiger partial charge is 0.277 e. The number of ether oxygens (including phenoxy) is 1. The normalized spacial score (nSPS) is 19.7. The third-order valence-corrected chi connectivity index (χ3v) is 3.97. The van der Waals surface area contributed by atoms with Crippen LogP contribution in [0.1, 0.15) is 30.1 Å². The number of thiazole rings is 1. The third-order valence-electron chi connectivity index (χ3n) is 3.10. The van der Waals surface area contributed by atoms with Crippen LogP contribution in [0.25, 0.3) is 11.6 Å². The molecule has 0 bridgehead atoms. The average Bonchev–Trinajstić information content (AvgIpc) is 3.08. The van der Waals surface area contributed by atoms with E-state index in [1.165, 1.54) is 17.8 Å². The molecule has 3 heterocycles. The van der Waals surface area contributed by atoms with Gasteiger partial charge in [0.05, 0.1) is 6.10 Å². The predicted octanol–water partition coefficient (Wildman–Crippen LogP) is 1.76. The van der Waals surface area contributed by atoms with Gasteiger partial charge in [-0.2, -0.15) is 4.98 Å². The lowest BCUT2D eigenvalue weighted by atomic mass is 10.1. The van der Waals surface area contributed by atoms with E-state index in [-0.39, 0.29) is 6.10 Å². The van der Waals surface area contributed by atoms with Gasteiger partial charge in [-0.05, 0) is 19.3 Å². The van der Waals surface area contributed by atoms with Crippen LogP contribution < -0.4 is 5.73 Å². The Hall–Kier alpha value is -1.31. The highest BCUT2D eigenvalue weighted by Crippen LogP contribution is 2.21. The summed E-state index contributed by atoms with van der Waals surface area (Å²) in [6.45, 7) is 1.27. The first-order valence-electron chi connectivity index (χ1n) is 6.44. The highest BCUT2D eigenvalue weighted by Gasteiger charge is 2.19. The summed E-state index contributed by atoms with van der Waals surface area (Å²) in [7, 11) is 0. The summed E-state index contributed by atoms with van der Waals surface area (Å²) in [6, 6.07) is 0. The van der Waals surface area contributed by atoms with Gasteiger partial charge in [0.1, 0.15) is 10.7 Å². The molecule has 102 valence electrons. The molecule has 6 nitrogen and oxygen atoms in total. The highest BCUT2D eigenvalue weighted by atomic mass is 32.1. The van der Waals surface area contributed by atoms with E-state index in [2.05, 4.69) is 15.1 Å². The summed E-state index contributed by atoms with van der Waals surface area (Å²) in [4.78, 5) is 8.69. The Bertz CT molecular complexity index is 533. The van der Waals surface area contributed by atoms with Crippen LogP contribution in [0.15, 0.2) is 9.90 Å². The quantitative estimate of drug-likeness (QED) is 0.918. The van der Waals surface area contributed by atoms with Crippen molar-refractivity contribution in [1.82, 2.24) is 15.1 Å².